The van der Waals surface area contributed by atoms with Crippen molar-refractivity contribution < 1.29 is 9.53 Å². The SMILES string of the molecule is CCN(CC)C(=O)C(C)NCc1cccc(OC(C)C)c1. The van der Waals surface area contributed by atoms with E-state index in [0.29, 0.717) is 6.54 Å². The van der Waals surface area contributed by atoms with E-state index < -0.39 is 0 Å². The zero-order valence-electron chi connectivity index (χ0n) is 13.8. The van der Waals surface area contributed by atoms with Crippen LogP contribution in [-0.2, 0) is 11.3 Å². The fraction of sp³-hybridized carbons (Fsp3) is 0.588. The fourth-order valence-electron chi connectivity index (χ4n) is 2.17. The van der Waals surface area contributed by atoms with Crippen LogP contribution in [-0.4, -0.2) is 36.0 Å². The first-order valence-electron chi connectivity index (χ1n) is 7.75. The normalized spacial score (nSPS) is 12.3. The Morgan fingerprint density at radius 1 is 1.24 bits per heavy atom. The smallest absolute Gasteiger partial charge is 0.239 e. The number of rotatable bonds is 8. The van der Waals surface area contributed by atoms with E-state index in [1.54, 1.807) is 0 Å². The molecule has 4 nitrogen and oxygen atoms in total. The minimum absolute atomic E-state index is 0.148. The zero-order valence-corrected chi connectivity index (χ0v) is 13.8. The van der Waals surface area contributed by atoms with Gasteiger partial charge in [-0.05, 0) is 52.3 Å². The predicted molar refractivity (Wildman–Crippen MR) is 86.4 cm³/mol. The van der Waals surface area contributed by atoms with Gasteiger partial charge < -0.3 is 15.0 Å². The third-order valence-electron chi connectivity index (χ3n) is 3.33. The van der Waals surface area contributed by atoms with Crippen LogP contribution < -0.4 is 10.1 Å². The lowest BCUT2D eigenvalue weighted by Crippen LogP contribution is -2.44. The van der Waals surface area contributed by atoms with Crippen molar-refractivity contribution in [3.63, 3.8) is 0 Å². The quantitative estimate of drug-likeness (QED) is 0.801. The van der Waals surface area contributed by atoms with Crippen molar-refractivity contribution in [3.05, 3.63) is 29.8 Å². The second-order valence-electron chi connectivity index (χ2n) is 5.43. The number of nitrogens with zero attached hydrogens (tertiary/aromatic N) is 1. The molecule has 0 bridgehead atoms. The molecule has 0 aliphatic carbocycles. The summed E-state index contributed by atoms with van der Waals surface area (Å²) in [4.78, 5) is 14.0. The Hall–Kier alpha value is -1.55. The van der Waals surface area contributed by atoms with E-state index in [4.69, 9.17) is 4.74 Å². The molecule has 1 aromatic carbocycles. The molecule has 1 aromatic rings. The molecule has 1 N–H and O–H groups in total. The molecular formula is C17H28N2O2. The van der Waals surface area contributed by atoms with Crippen LogP contribution in [0.2, 0.25) is 0 Å². The highest BCUT2D eigenvalue weighted by Crippen LogP contribution is 2.15. The van der Waals surface area contributed by atoms with Gasteiger partial charge in [0.2, 0.25) is 5.91 Å². The lowest BCUT2D eigenvalue weighted by Gasteiger charge is -2.23. The summed E-state index contributed by atoms with van der Waals surface area (Å²) in [5, 5.41) is 3.28. The second kappa shape index (κ2) is 8.67. The maximum atomic E-state index is 12.2. The lowest BCUT2D eigenvalue weighted by atomic mass is 10.2. The summed E-state index contributed by atoms with van der Waals surface area (Å²) >= 11 is 0. The van der Waals surface area contributed by atoms with Crippen LogP contribution >= 0.6 is 0 Å². The number of hydrogen-bond donors (Lipinski definition) is 1. The number of nitrogens with one attached hydrogen (secondary N) is 1. The summed E-state index contributed by atoms with van der Waals surface area (Å²) in [5.74, 6) is 1.02. The second-order valence-corrected chi connectivity index (χ2v) is 5.43. The van der Waals surface area contributed by atoms with Crippen LogP contribution in [0.5, 0.6) is 5.75 Å². The third kappa shape index (κ3) is 5.76. The van der Waals surface area contributed by atoms with Crippen LogP contribution in [0.3, 0.4) is 0 Å². The molecule has 118 valence electrons. The number of benzene rings is 1. The van der Waals surface area contributed by atoms with E-state index >= 15 is 0 Å². The largest absolute Gasteiger partial charge is 0.491 e. The van der Waals surface area contributed by atoms with E-state index in [1.807, 2.05) is 63.8 Å². The number of ether oxygens (including phenoxy) is 1. The average Bonchev–Trinajstić information content (AvgIpc) is 2.45. The molecule has 1 amide bonds. The predicted octanol–water partition coefficient (Wildman–Crippen LogP) is 2.82. The van der Waals surface area contributed by atoms with Gasteiger partial charge in [0, 0.05) is 19.6 Å². The Labute approximate surface area is 128 Å². The van der Waals surface area contributed by atoms with Crippen molar-refractivity contribution in [2.45, 2.75) is 53.3 Å². The lowest BCUT2D eigenvalue weighted by molar-refractivity contribution is -0.132. The molecule has 0 aromatic heterocycles. The molecule has 0 fully saturated rings. The zero-order chi connectivity index (χ0) is 15.8. The molecule has 1 rings (SSSR count). The van der Waals surface area contributed by atoms with Crippen LogP contribution in [0.15, 0.2) is 24.3 Å². The van der Waals surface area contributed by atoms with Gasteiger partial charge in [0.1, 0.15) is 5.75 Å². The van der Waals surface area contributed by atoms with Gasteiger partial charge >= 0.3 is 0 Å². The summed E-state index contributed by atoms with van der Waals surface area (Å²) < 4.78 is 5.68. The Bertz CT molecular complexity index is 442. The monoisotopic (exact) mass is 292 g/mol. The van der Waals surface area contributed by atoms with Crippen molar-refractivity contribution in [2.75, 3.05) is 13.1 Å². The average molecular weight is 292 g/mol. The van der Waals surface area contributed by atoms with Gasteiger partial charge in [-0.1, -0.05) is 12.1 Å². The van der Waals surface area contributed by atoms with Crippen LogP contribution in [0.25, 0.3) is 0 Å². The highest BCUT2D eigenvalue weighted by atomic mass is 16.5. The van der Waals surface area contributed by atoms with Gasteiger partial charge in [-0.25, -0.2) is 0 Å². The standard InChI is InChI=1S/C17H28N2O2/c1-6-19(7-2)17(20)14(5)18-12-15-9-8-10-16(11-15)21-13(3)4/h8-11,13-14,18H,6-7,12H2,1-5H3. The number of carbonyl (C=O) groups is 1. The maximum Gasteiger partial charge on any atom is 0.239 e. The first-order valence-corrected chi connectivity index (χ1v) is 7.75. The number of amides is 1. The molecule has 0 saturated carbocycles. The molecule has 0 spiro atoms. The van der Waals surface area contributed by atoms with Gasteiger partial charge in [0.05, 0.1) is 12.1 Å². The van der Waals surface area contributed by atoms with Crippen molar-refractivity contribution in [1.29, 1.82) is 0 Å². The first kappa shape index (κ1) is 17.5. The summed E-state index contributed by atoms with van der Waals surface area (Å²) in [5.41, 5.74) is 1.12. The highest BCUT2D eigenvalue weighted by molar-refractivity contribution is 5.81. The molecule has 4 heteroatoms. The third-order valence-corrected chi connectivity index (χ3v) is 3.33. The van der Waals surface area contributed by atoms with Crippen molar-refractivity contribution >= 4 is 5.91 Å². The van der Waals surface area contributed by atoms with E-state index in [-0.39, 0.29) is 18.1 Å². The molecule has 0 heterocycles. The Balaban J connectivity index is 2.56. The summed E-state index contributed by atoms with van der Waals surface area (Å²) in [7, 11) is 0. The molecule has 0 aliphatic rings. The van der Waals surface area contributed by atoms with Crippen molar-refractivity contribution in [3.8, 4) is 5.75 Å². The molecule has 21 heavy (non-hydrogen) atoms. The Kier molecular flexibility index (Phi) is 7.23. The topological polar surface area (TPSA) is 41.6 Å². The van der Waals surface area contributed by atoms with E-state index in [2.05, 4.69) is 5.32 Å². The molecule has 0 saturated heterocycles. The van der Waals surface area contributed by atoms with Gasteiger partial charge in [0.25, 0.3) is 0 Å². The fourth-order valence-corrected chi connectivity index (χ4v) is 2.17. The van der Waals surface area contributed by atoms with Crippen LogP contribution in [0.4, 0.5) is 0 Å². The minimum atomic E-state index is -0.181. The molecule has 1 atom stereocenters. The summed E-state index contributed by atoms with van der Waals surface area (Å²) in [6.45, 7) is 12.1. The highest BCUT2D eigenvalue weighted by Gasteiger charge is 2.17. The van der Waals surface area contributed by atoms with Crippen LogP contribution in [0.1, 0.15) is 40.2 Å². The summed E-state index contributed by atoms with van der Waals surface area (Å²) in [6.07, 6.45) is 0.163. The summed E-state index contributed by atoms with van der Waals surface area (Å²) in [6, 6.07) is 7.80. The number of hydrogen-bond acceptors (Lipinski definition) is 3. The number of likely N-dealkylation sites (N-methyl/N-ethyl adjacent to an activating group) is 1. The maximum absolute atomic E-state index is 12.2. The van der Waals surface area contributed by atoms with Crippen molar-refractivity contribution in [2.24, 2.45) is 0 Å². The van der Waals surface area contributed by atoms with Gasteiger partial charge in [0.15, 0.2) is 0 Å². The molecule has 0 aliphatic heterocycles. The van der Waals surface area contributed by atoms with E-state index in [0.717, 1.165) is 24.4 Å². The first-order chi connectivity index (χ1) is 9.97. The molecular weight excluding hydrogens is 264 g/mol. The molecule has 1 unspecified atom stereocenters. The molecule has 0 radical (unpaired) electrons. The minimum Gasteiger partial charge on any atom is -0.491 e. The van der Waals surface area contributed by atoms with Crippen molar-refractivity contribution in [1.82, 2.24) is 10.2 Å². The Morgan fingerprint density at radius 2 is 1.90 bits per heavy atom. The van der Waals surface area contributed by atoms with Gasteiger partial charge in [-0.15, -0.1) is 0 Å². The van der Waals surface area contributed by atoms with Gasteiger partial charge in [-0.2, -0.15) is 0 Å². The number of carbonyl (C=O) groups excluding carboxylic acids is 1. The Morgan fingerprint density at radius 3 is 2.48 bits per heavy atom. The van der Waals surface area contributed by atoms with E-state index in [1.165, 1.54) is 0 Å². The van der Waals surface area contributed by atoms with Crippen LogP contribution in [0, 0.1) is 0 Å². The van der Waals surface area contributed by atoms with Gasteiger partial charge in [-0.3, -0.25) is 4.79 Å². The van der Waals surface area contributed by atoms with E-state index in [9.17, 15) is 4.79 Å².